The summed E-state index contributed by atoms with van der Waals surface area (Å²) in [7, 11) is 0. The van der Waals surface area contributed by atoms with Crippen LogP contribution in [0.1, 0.15) is 6.92 Å². The van der Waals surface area contributed by atoms with Gasteiger partial charge in [-0.05, 0) is 13.0 Å². The highest BCUT2D eigenvalue weighted by molar-refractivity contribution is 6.01. The van der Waals surface area contributed by atoms with Crippen LogP contribution in [0.4, 0.5) is 0 Å². The van der Waals surface area contributed by atoms with E-state index in [1.807, 2.05) is 0 Å². The highest BCUT2D eigenvalue weighted by Gasteiger charge is 2.64. The summed E-state index contributed by atoms with van der Waals surface area (Å²) in [5, 5.41) is 20.2. The van der Waals surface area contributed by atoms with Gasteiger partial charge in [0.05, 0.1) is 0 Å². The molecule has 1 heterocycles. The van der Waals surface area contributed by atoms with Crippen LogP contribution in [-0.2, 0) is 14.3 Å². The maximum absolute atomic E-state index is 12.0. The summed E-state index contributed by atoms with van der Waals surface area (Å²) >= 11 is 0. The van der Waals surface area contributed by atoms with Crippen LogP contribution >= 0.6 is 0 Å². The monoisotopic (exact) mass is 250 g/mol. The second-order valence-corrected chi connectivity index (χ2v) is 4.41. The Hall–Kier alpha value is -1.72. The maximum atomic E-state index is 12.0. The van der Waals surface area contributed by atoms with Gasteiger partial charge in [0.15, 0.2) is 5.78 Å². The zero-order valence-electron chi connectivity index (χ0n) is 9.87. The standard InChI is InChI=1S/C13H14O5/c1-3-4-8-5-6-9(14)11(16)13(8)10(15)7(2)18-12(13)17/h3-6,8,10-11,15-16H,2H2,1H3/b4-3+/t8-,10+,11-,13-/m0/s1. The molecule has 5 heteroatoms. The Labute approximate surface area is 104 Å². The molecule has 0 aromatic carbocycles. The van der Waals surface area contributed by atoms with E-state index in [4.69, 9.17) is 4.74 Å². The van der Waals surface area contributed by atoms with Crippen molar-refractivity contribution in [3.63, 3.8) is 0 Å². The molecule has 1 aliphatic carbocycles. The van der Waals surface area contributed by atoms with Gasteiger partial charge in [0.25, 0.3) is 0 Å². The fourth-order valence-corrected chi connectivity index (χ4v) is 2.52. The highest BCUT2D eigenvalue weighted by Crippen LogP contribution is 2.48. The first kappa shape index (κ1) is 12.7. The predicted octanol–water partition coefficient (Wildman–Crippen LogP) is 0.0963. The minimum absolute atomic E-state index is 0.142. The Balaban J connectivity index is 2.62. The zero-order chi connectivity index (χ0) is 13.5. The molecule has 0 radical (unpaired) electrons. The third kappa shape index (κ3) is 1.41. The average molecular weight is 250 g/mol. The number of aliphatic hydroxyl groups is 2. The van der Waals surface area contributed by atoms with Crippen molar-refractivity contribution < 1.29 is 24.5 Å². The Morgan fingerprint density at radius 2 is 2.06 bits per heavy atom. The average Bonchev–Trinajstić information content (AvgIpc) is 2.54. The van der Waals surface area contributed by atoms with Gasteiger partial charge < -0.3 is 14.9 Å². The van der Waals surface area contributed by atoms with Crippen LogP contribution in [0.15, 0.2) is 36.6 Å². The van der Waals surface area contributed by atoms with E-state index in [9.17, 15) is 19.8 Å². The van der Waals surface area contributed by atoms with Crippen molar-refractivity contribution in [1.82, 2.24) is 0 Å². The van der Waals surface area contributed by atoms with Crippen molar-refractivity contribution in [1.29, 1.82) is 0 Å². The third-order valence-electron chi connectivity index (χ3n) is 3.48. The molecule has 1 fully saturated rings. The van der Waals surface area contributed by atoms with E-state index in [2.05, 4.69) is 6.58 Å². The first-order chi connectivity index (χ1) is 8.46. The number of carbonyl (C=O) groups is 2. The molecule has 2 rings (SSSR count). The second kappa shape index (κ2) is 4.19. The lowest BCUT2D eigenvalue weighted by atomic mass is 9.64. The van der Waals surface area contributed by atoms with E-state index in [-0.39, 0.29) is 5.76 Å². The van der Waals surface area contributed by atoms with Crippen LogP contribution in [0.3, 0.4) is 0 Å². The number of ether oxygens (including phenoxy) is 1. The Kier molecular flexibility index (Phi) is 2.96. The Bertz CT molecular complexity index is 476. The van der Waals surface area contributed by atoms with Crippen molar-refractivity contribution in [3.05, 3.63) is 36.6 Å². The summed E-state index contributed by atoms with van der Waals surface area (Å²) in [5.41, 5.74) is -1.71. The number of aliphatic hydroxyl groups excluding tert-OH is 2. The van der Waals surface area contributed by atoms with E-state index in [0.717, 1.165) is 0 Å². The van der Waals surface area contributed by atoms with Gasteiger partial charge >= 0.3 is 5.97 Å². The van der Waals surface area contributed by atoms with Crippen LogP contribution < -0.4 is 0 Å². The molecule has 18 heavy (non-hydrogen) atoms. The molecule has 4 atom stereocenters. The number of hydrogen-bond acceptors (Lipinski definition) is 5. The maximum Gasteiger partial charge on any atom is 0.324 e. The number of ketones is 1. The van der Waals surface area contributed by atoms with Gasteiger partial charge in [0.1, 0.15) is 23.4 Å². The largest absolute Gasteiger partial charge is 0.428 e. The van der Waals surface area contributed by atoms with Gasteiger partial charge in [-0.25, -0.2) is 0 Å². The number of rotatable bonds is 1. The predicted molar refractivity (Wildman–Crippen MR) is 62.1 cm³/mol. The molecular formula is C13H14O5. The molecule has 0 aromatic rings. The summed E-state index contributed by atoms with van der Waals surface area (Å²) < 4.78 is 4.80. The highest BCUT2D eigenvalue weighted by atomic mass is 16.6. The lowest BCUT2D eigenvalue weighted by Gasteiger charge is -2.38. The SMILES string of the molecule is C=C1OC(=O)[C@@]2([C@@H](/C=C/C)C=CC(=O)[C@@H]2O)[C@@H]1O. The molecular weight excluding hydrogens is 236 g/mol. The topological polar surface area (TPSA) is 83.8 Å². The van der Waals surface area contributed by atoms with Gasteiger partial charge in [0.2, 0.25) is 0 Å². The summed E-state index contributed by atoms with van der Waals surface area (Å²) in [5.74, 6) is -2.21. The van der Waals surface area contributed by atoms with Crippen LogP contribution in [0.2, 0.25) is 0 Å². The van der Waals surface area contributed by atoms with Crippen molar-refractivity contribution in [3.8, 4) is 0 Å². The van der Waals surface area contributed by atoms with Crippen molar-refractivity contribution >= 4 is 11.8 Å². The Morgan fingerprint density at radius 1 is 1.39 bits per heavy atom. The first-order valence-corrected chi connectivity index (χ1v) is 5.58. The normalized spacial score (nSPS) is 39.9. The number of esters is 1. The van der Waals surface area contributed by atoms with Crippen LogP contribution in [0.5, 0.6) is 0 Å². The molecule has 96 valence electrons. The molecule has 2 aliphatic rings. The summed E-state index contributed by atoms with van der Waals surface area (Å²) in [4.78, 5) is 23.6. The number of hydrogen-bond donors (Lipinski definition) is 2. The van der Waals surface area contributed by atoms with Crippen molar-refractivity contribution in [2.75, 3.05) is 0 Å². The van der Waals surface area contributed by atoms with Crippen LogP contribution in [-0.4, -0.2) is 34.2 Å². The van der Waals surface area contributed by atoms with E-state index >= 15 is 0 Å². The molecule has 2 N–H and O–H groups in total. The quantitative estimate of drug-likeness (QED) is 0.509. The molecule has 0 unspecified atom stereocenters. The van der Waals surface area contributed by atoms with Crippen molar-refractivity contribution in [2.24, 2.45) is 11.3 Å². The molecule has 0 amide bonds. The van der Waals surface area contributed by atoms with Gasteiger partial charge in [-0.15, -0.1) is 0 Å². The van der Waals surface area contributed by atoms with E-state index in [1.165, 1.54) is 12.2 Å². The van der Waals surface area contributed by atoms with Crippen LogP contribution in [0, 0.1) is 11.3 Å². The van der Waals surface area contributed by atoms with Gasteiger partial charge in [-0.3, -0.25) is 9.59 Å². The lowest BCUT2D eigenvalue weighted by Crippen LogP contribution is -2.56. The molecule has 1 saturated heterocycles. The minimum atomic E-state index is -1.71. The summed E-state index contributed by atoms with van der Waals surface area (Å²) in [6.45, 7) is 5.17. The Morgan fingerprint density at radius 3 is 2.56 bits per heavy atom. The van der Waals surface area contributed by atoms with E-state index in [1.54, 1.807) is 19.1 Å². The fourth-order valence-electron chi connectivity index (χ4n) is 2.52. The number of carbonyl (C=O) groups excluding carboxylic acids is 2. The van der Waals surface area contributed by atoms with E-state index < -0.39 is 35.3 Å². The molecule has 0 aromatic heterocycles. The number of allylic oxidation sites excluding steroid dienone is 3. The zero-order valence-corrected chi connectivity index (χ0v) is 9.87. The molecule has 0 bridgehead atoms. The van der Waals surface area contributed by atoms with Gasteiger partial charge in [0, 0.05) is 5.92 Å². The lowest BCUT2D eigenvalue weighted by molar-refractivity contribution is -0.162. The second-order valence-electron chi connectivity index (χ2n) is 4.41. The van der Waals surface area contributed by atoms with Gasteiger partial charge in [-0.2, -0.15) is 0 Å². The molecule has 1 spiro atoms. The molecule has 0 saturated carbocycles. The summed E-state index contributed by atoms with van der Waals surface area (Å²) in [6.07, 6.45) is 2.97. The first-order valence-electron chi connectivity index (χ1n) is 5.58. The molecule has 5 nitrogen and oxygen atoms in total. The summed E-state index contributed by atoms with van der Waals surface area (Å²) in [6, 6.07) is 0. The van der Waals surface area contributed by atoms with Crippen molar-refractivity contribution in [2.45, 2.75) is 19.1 Å². The minimum Gasteiger partial charge on any atom is -0.428 e. The number of cyclic esters (lactones) is 1. The van der Waals surface area contributed by atoms with E-state index in [0.29, 0.717) is 0 Å². The molecule has 1 aliphatic heterocycles. The third-order valence-corrected chi connectivity index (χ3v) is 3.48. The van der Waals surface area contributed by atoms with Gasteiger partial charge in [-0.1, -0.05) is 24.8 Å². The van der Waals surface area contributed by atoms with Crippen LogP contribution in [0.25, 0.3) is 0 Å². The fraction of sp³-hybridized carbons (Fsp3) is 0.385. The smallest absolute Gasteiger partial charge is 0.324 e.